The van der Waals surface area contributed by atoms with E-state index in [0.717, 1.165) is 24.2 Å². The predicted molar refractivity (Wildman–Crippen MR) is 97.4 cm³/mol. The Hall–Kier alpha value is -2.46. The molecule has 0 bridgehead atoms. The van der Waals surface area contributed by atoms with Gasteiger partial charge in [0.1, 0.15) is 0 Å². The number of amides is 1. The van der Waals surface area contributed by atoms with E-state index in [9.17, 15) is 9.59 Å². The standard InChI is InChI=1S/C21H23NO3/c23-20(10-11-21(24)22-14-16-12-13-25-15-16)19-8-6-18(7-9-19)17-4-2-1-3-5-17/h1-9,16H,10-15H2,(H,22,24). The van der Waals surface area contributed by atoms with Crippen LogP contribution in [0.15, 0.2) is 54.6 Å². The zero-order valence-electron chi connectivity index (χ0n) is 14.2. The van der Waals surface area contributed by atoms with Crippen molar-refractivity contribution in [3.63, 3.8) is 0 Å². The van der Waals surface area contributed by atoms with Crippen LogP contribution >= 0.6 is 0 Å². The van der Waals surface area contributed by atoms with Gasteiger partial charge >= 0.3 is 0 Å². The van der Waals surface area contributed by atoms with Crippen molar-refractivity contribution in [2.45, 2.75) is 19.3 Å². The van der Waals surface area contributed by atoms with E-state index in [1.807, 2.05) is 54.6 Å². The van der Waals surface area contributed by atoms with Crippen molar-refractivity contribution in [3.05, 3.63) is 60.2 Å². The topological polar surface area (TPSA) is 55.4 Å². The molecule has 0 saturated carbocycles. The molecule has 25 heavy (non-hydrogen) atoms. The van der Waals surface area contributed by atoms with Crippen molar-refractivity contribution in [3.8, 4) is 11.1 Å². The summed E-state index contributed by atoms with van der Waals surface area (Å²) in [6.45, 7) is 2.13. The maximum absolute atomic E-state index is 12.3. The normalized spacial score (nSPS) is 16.6. The number of carbonyl (C=O) groups excluding carboxylic acids is 2. The summed E-state index contributed by atoms with van der Waals surface area (Å²) in [4.78, 5) is 24.1. The molecule has 0 aromatic heterocycles. The van der Waals surface area contributed by atoms with E-state index in [0.29, 0.717) is 24.6 Å². The lowest BCUT2D eigenvalue weighted by atomic mass is 10.0. The Morgan fingerprint density at radius 3 is 2.36 bits per heavy atom. The minimum absolute atomic E-state index is 0.000962. The third-order valence-electron chi connectivity index (χ3n) is 4.51. The molecule has 1 saturated heterocycles. The average molecular weight is 337 g/mol. The number of hydrogen-bond acceptors (Lipinski definition) is 3. The summed E-state index contributed by atoms with van der Waals surface area (Å²) in [6.07, 6.45) is 1.46. The fraction of sp³-hybridized carbons (Fsp3) is 0.333. The molecule has 1 heterocycles. The number of hydrogen-bond donors (Lipinski definition) is 1. The first-order valence-electron chi connectivity index (χ1n) is 8.75. The van der Waals surface area contributed by atoms with Crippen molar-refractivity contribution < 1.29 is 14.3 Å². The third-order valence-corrected chi connectivity index (χ3v) is 4.51. The number of nitrogens with one attached hydrogen (secondary N) is 1. The molecule has 2 aromatic carbocycles. The zero-order chi connectivity index (χ0) is 17.5. The van der Waals surface area contributed by atoms with Crippen molar-refractivity contribution >= 4 is 11.7 Å². The van der Waals surface area contributed by atoms with Gasteiger partial charge in [-0.15, -0.1) is 0 Å². The van der Waals surface area contributed by atoms with E-state index in [-0.39, 0.29) is 24.5 Å². The lowest BCUT2D eigenvalue weighted by Crippen LogP contribution is -2.29. The van der Waals surface area contributed by atoms with E-state index in [4.69, 9.17) is 4.74 Å². The molecule has 0 aliphatic carbocycles. The Kier molecular flexibility index (Phi) is 5.96. The number of ether oxygens (including phenoxy) is 1. The minimum Gasteiger partial charge on any atom is -0.381 e. The van der Waals surface area contributed by atoms with Crippen LogP contribution in [0.1, 0.15) is 29.6 Å². The Morgan fingerprint density at radius 1 is 0.960 bits per heavy atom. The van der Waals surface area contributed by atoms with E-state index in [2.05, 4.69) is 5.32 Å². The smallest absolute Gasteiger partial charge is 0.220 e. The second-order valence-corrected chi connectivity index (χ2v) is 6.40. The Labute approximate surface area is 148 Å². The van der Waals surface area contributed by atoms with Crippen LogP contribution < -0.4 is 5.32 Å². The third kappa shape index (κ3) is 5.00. The molecule has 1 atom stereocenters. The number of rotatable bonds is 7. The number of benzene rings is 2. The predicted octanol–water partition coefficient (Wildman–Crippen LogP) is 3.47. The summed E-state index contributed by atoms with van der Waals surface area (Å²) < 4.78 is 5.28. The molecule has 0 spiro atoms. The van der Waals surface area contributed by atoms with E-state index in [1.54, 1.807) is 0 Å². The highest BCUT2D eigenvalue weighted by molar-refractivity contribution is 5.98. The van der Waals surface area contributed by atoms with Gasteiger partial charge in [-0.2, -0.15) is 0 Å². The van der Waals surface area contributed by atoms with E-state index in [1.165, 1.54) is 0 Å². The van der Waals surface area contributed by atoms with Crippen molar-refractivity contribution in [1.82, 2.24) is 5.32 Å². The molecule has 1 unspecified atom stereocenters. The molecule has 1 aliphatic rings. The molecule has 1 amide bonds. The lowest BCUT2D eigenvalue weighted by molar-refractivity contribution is -0.121. The molecule has 4 nitrogen and oxygen atoms in total. The van der Waals surface area contributed by atoms with Crippen molar-refractivity contribution in [1.29, 1.82) is 0 Å². The van der Waals surface area contributed by atoms with Crippen molar-refractivity contribution in [2.24, 2.45) is 5.92 Å². The van der Waals surface area contributed by atoms with Gasteiger partial charge in [-0.3, -0.25) is 9.59 Å². The summed E-state index contributed by atoms with van der Waals surface area (Å²) in [7, 11) is 0. The van der Waals surface area contributed by atoms with Crippen LogP contribution in [0.3, 0.4) is 0 Å². The van der Waals surface area contributed by atoms with Gasteiger partial charge in [-0.1, -0.05) is 54.6 Å². The van der Waals surface area contributed by atoms with Crippen LogP contribution in [-0.4, -0.2) is 31.4 Å². The summed E-state index contributed by atoms with van der Waals surface area (Å²) in [5.41, 5.74) is 2.85. The summed E-state index contributed by atoms with van der Waals surface area (Å²) >= 11 is 0. The molecular weight excluding hydrogens is 314 g/mol. The highest BCUT2D eigenvalue weighted by Gasteiger charge is 2.16. The maximum atomic E-state index is 12.3. The quantitative estimate of drug-likeness (QED) is 0.787. The second-order valence-electron chi connectivity index (χ2n) is 6.40. The summed E-state index contributed by atoms with van der Waals surface area (Å²) in [6, 6.07) is 17.6. The van der Waals surface area contributed by atoms with Crippen LogP contribution in [0.5, 0.6) is 0 Å². The van der Waals surface area contributed by atoms with Crippen molar-refractivity contribution in [2.75, 3.05) is 19.8 Å². The van der Waals surface area contributed by atoms with Crippen LogP contribution in [0.4, 0.5) is 0 Å². The van der Waals surface area contributed by atoms with Gasteiger partial charge in [-0.25, -0.2) is 0 Å². The molecular formula is C21H23NO3. The zero-order valence-corrected chi connectivity index (χ0v) is 14.2. The van der Waals surface area contributed by atoms with Crippen LogP contribution in [-0.2, 0) is 9.53 Å². The van der Waals surface area contributed by atoms with Crippen LogP contribution in [0.25, 0.3) is 11.1 Å². The van der Waals surface area contributed by atoms with Gasteiger partial charge in [0.15, 0.2) is 5.78 Å². The Bertz CT molecular complexity index is 704. The SMILES string of the molecule is O=C(CCC(=O)c1ccc(-c2ccccc2)cc1)NCC1CCOC1. The fourth-order valence-corrected chi connectivity index (χ4v) is 2.94. The molecule has 1 aliphatic heterocycles. The van der Waals surface area contributed by atoms with Gasteiger partial charge in [0.2, 0.25) is 5.91 Å². The van der Waals surface area contributed by atoms with Gasteiger partial charge in [0.25, 0.3) is 0 Å². The largest absolute Gasteiger partial charge is 0.381 e. The van der Waals surface area contributed by atoms with Gasteiger partial charge < -0.3 is 10.1 Å². The summed E-state index contributed by atoms with van der Waals surface area (Å²) in [5, 5.41) is 2.89. The average Bonchev–Trinajstić information content (AvgIpc) is 3.19. The summed E-state index contributed by atoms with van der Waals surface area (Å²) in [5.74, 6) is 0.338. The molecule has 1 fully saturated rings. The highest BCUT2D eigenvalue weighted by Crippen LogP contribution is 2.20. The molecule has 130 valence electrons. The lowest BCUT2D eigenvalue weighted by Gasteiger charge is -2.09. The Morgan fingerprint density at radius 2 is 1.68 bits per heavy atom. The fourth-order valence-electron chi connectivity index (χ4n) is 2.94. The molecule has 3 rings (SSSR count). The number of Topliss-reactive ketones (excluding diaryl/α,β-unsaturated/α-hetero) is 1. The van der Waals surface area contributed by atoms with Crippen LogP contribution in [0.2, 0.25) is 0 Å². The molecule has 2 aromatic rings. The number of carbonyl (C=O) groups is 2. The van der Waals surface area contributed by atoms with Gasteiger partial charge in [0, 0.05) is 37.5 Å². The first-order valence-corrected chi connectivity index (χ1v) is 8.75. The molecule has 4 heteroatoms. The van der Waals surface area contributed by atoms with Gasteiger partial charge in [-0.05, 0) is 17.5 Å². The number of ketones is 1. The van der Waals surface area contributed by atoms with Gasteiger partial charge in [0.05, 0.1) is 6.61 Å². The highest BCUT2D eigenvalue weighted by atomic mass is 16.5. The van der Waals surface area contributed by atoms with E-state index < -0.39 is 0 Å². The minimum atomic E-state index is -0.0684. The maximum Gasteiger partial charge on any atom is 0.220 e. The first kappa shape index (κ1) is 17.4. The second kappa shape index (κ2) is 8.58. The monoisotopic (exact) mass is 337 g/mol. The van der Waals surface area contributed by atoms with E-state index >= 15 is 0 Å². The first-order chi connectivity index (χ1) is 12.2. The molecule has 1 N–H and O–H groups in total. The molecule has 0 radical (unpaired) electrons. The Balaban J connectivity index is 1.47. The van der Waals surface area contributed by atoms with Crippen LogP contribution in [0, 0.1) is 5.92 Å².